The third kappa shape index (κ3) is 3.33. The van der Waals surface area contributed by atoms with E-state index < -0.39 is 0 Å². The summed E-state index contributed by atoms with van der Waals surface area (Å²) < 4.78 is 11.2. The van der Waals surface area contributed by atoms with E-state index in [1.807, 2.05) is 0 Å². The molecule has 1 saturated heterocycles. The molecule has 1 aliphatic heterocycles. The van der Waals surface area contributed by atoms with Crippen LogP contribution in [0.3, 0.4) is 0 Å². The first-order chi connectivity index (χ1) is 8.22. The summed E-state index contributed by atoms with van der Waals surface area (Å²) in [5.74, 6) is 0. The molecule has 2 rings (SSSR count). The van der Waals surface area contributed by atoms with Crippen LogP contribution in [0.4, 0.5) is 0 Å². The topological polar surface area (TPSA) is 21.8 Å². The molecular formula is C14H21BO2. The molecule has 1 fully saturated rings. The van der Waals surface area contributed by atoms with Gasteiger partial charge in [0.2, 0.25) is 0 Å². The van der Waals surface area contributed by atoms with E-state index in [-0.39, 0.29) is 6.10 Å². The van der Waals surface area contributed by atoms with Gasteiger partial charge in [-0.3, -0.25) is 0 Å². The van der Waals surface area contributed by atoms with E-state index in [0.29, 0.717) is 6.10 Å². The largest absolute Gasteiger partial charge is 0.371 e. The second kappa shape index (κ2) is 5.70. The number of rotatable bonds is 6. The fourth-order valence-electron chi connectivity index (χ4n) is 2.10. The highest BCUT2D eigenvalue weighted by Gasteiger charge is 2.25. The highest BCUT2D eigenvalue weighted by molar-refractivity contribution is 6.34. The van der Waals surface area contributed by atoms with E-state index in [2.05, 4.69) is 39.9 Å². The van der Waals surface area contributed by atoms with Crippen LogP contribution in [0.2, 0.25) is 0 Å². The predicted molar refractivity (Wildman–Crippen MR) is 72.7 cm³/mol. The van der Waals surface area contributed by atoms with Crippen molar-refractivity contribution in [2.45, 2.75) is 38.9 Å². The number of benzene rings is 1. The van der Waals surface area contributed by atoms with Gasteiger partial charge < -0.3 is 9.47 Å². The zero-order valence-corrected chi connectivity index (χ0v) is 11.0. The van der Waals surface area contributed by atoms with Crippen molar-refractivity contribution in [2.24, 2.45) is 0 Å². The minimum Gasteiger partial charge on any atom is -0.371 e. The molecule has 1 heterocycles. The first kappa shape index (κ1) is 12.7. The Labute approximate surface area is 105 Å². The Morgan fingerprint density at radius 1 is 1.53 bits per heavy atom. The van der Waals surface area contributed by atoms with Crippen molar-refractivity contribution in [3.63, 3.8) is 0 Å². The third-order valence-electron chi connectivity index (χ3n) is 3.43. The Kier molecular flexibility index (Phi) is 4.24. The molecular weight excluding hydrogens is 211 g/mol. The highest BCUT2D eigenvalue weighted by Crippen LogP contribution is 2.23. The maximum atomic E-state index is 6.00. The molecule has 0 aliphatic carbocycles. The average molecular weight is 232 g/mol. The number of epoxide rings is 1. The van der Waals surface area contributed by atoms with Crippen molar-refractivity contribution in [2.75, 3.05) is 13.2 Å². The fraction of sp³-hybridized carbons (Fsp3) is 0.571. The normalized spacial score (nSPS) is 20.2. The molecule has 1 aliphatic rings. The van der Waals surface area contributed by atoms with Gasteiger partial charge in [-0.25, -0.2) is 0 Å². The summed E-state index contributed by atoms with van der Waals surface area (Å²) in [5, 5.41) is 0. The quantitative estimate of drug-likeness (QED) is 0.547. The van der Waals surface area contributed by atoms with Crippen LogP contribution in [-0.2, 0) is 9.47 Å². The van der Waals surface area contributed by atoms with Gasteiger partial charge in [0.25, 0.3) is 0 Å². The number of ether oxygens (including phenoxy) is 2. The second-order valence-corrected chi connectivity index (χ2v) is 4.86. The summed E-state index contributed by atoms with van der Waals surface area (Å²) >= 11 is 0. The zero-order valence-electron chi connectivity index (χ0n) is 11.0. The second-order valence-electron chi connectivity index (χ2n) is 4.86. The van der Waals surface area contributed by atoms with Gasteiger partial charge in [-0.2, -0.15) is 0 Å². The van der Waals surface area contributed by atoms with Crippen LogP contribution in [0.15, 0.2) is 18.2 Å². The van der Waals surface area contributed by atoms with Crippen LogP contribution in [-0.4, -0.2) is 27.2 Å². The summed E-state index contributed by atoms with van der Waals surface area (Å²) in [6.45, 7) is 5.96. The molecule has 3 heteroatoms. The minimum absolute atomic E-state index is 0.226. The molecule has 0 aromatic heterocycles. The van der Waals surface area contributed by atoms with Crippen molar-refractivity contribution in [3.8, 4) is 0 Å². The van der Waals surface area contributed by atoms with Crippen LogP contribution >= 0.6 is 0 Å². The summed E-state index contributed by atoms with van der Waals surface area (Å²) in [6.07, 6.45) is 2.80. The molecule has 92 valence electrons. The fourth-order valence-corrected chi connectivity index (χ4v) is 2.10. The van der Waals surface area contributed by atoms with Gasteiger partial charge in [-0.15, -0.1) is 0 Å². The number of hydrogen-bond donors (Lipinski definition) is 0. The Hall–Kier alpha value is -0.795. The zero-order chi connectivity index (χ0) is 12.3. The van der Waals surface area contributed by atoms with Gasteiger partial charge in [-0.1, -0.05) is 42.6 Å². The van der Waals surface area contributed by atoms with Gasteiger partial charge in [0, 0.05) is 0 Å². The van der Waals surface area contributed by atoms with Crippen LogP contribution < -0.4 is 5.46 Å². The molecule has 1 aromatic carbocycles. The number of hydrogen-bond acceptors (Lipinski definition) is 2. The molecule has 2 atom stereocenters. The molecule has 1 unspecified atom stereocenters. The van der Waals surface area contributed by atoms with Crippen LogP contribution in [0.5, 0.6) is 0 Å². The monoisotopic (exact) mass is 232 g/mol. The standard InChI is InChI=1S/C14H21BO2/c1-3-5-13(17-9-11-8-16-11)12-7-4-6-10(2)14(12)15/h4,6-7,11,13H,3,5,8-9,15H2,1-2H3/t11?,13-/m1/s1. The molecule has 2 nitrogen and oxygen atoms in total. The maximum absolute atomic E-state index is 6.00. The van der Waals surface area contributed by atoms with Gasteiger partial charge in [0.05, 0.1) is 19.3 Å². The van der Waals surface area contributed by atoms with E-state index in [0.717, 1.165) is 26.1 Å². The smallest absolute Gasteiger partial charge is 0.140 e. The van der Waals surface area contributed by atoms with Gasteiger partial charge in [-0.05, 0) is 18.9 Å². The summed E-state index contributed by atoms with van der Waals surface area (Å²) in [7, 11) is 2.18. The Morgan fingerprint density at radius 3 is 2.94 bits per heavy atom. The van der Waals surface area contributed by atoms with Crippen molar-refractivity contribution in [1.29, 1.82) is 0 Å². The third-order valence-corrected chi connectivity index (χ3v) is 3.43. The Morgan fingerprint density at radius 2 is 2.29 bits per heavy atom. The Balaban J connectivity index is 2.09. The average Bonchev–Trinajstić information content (AvgIpc) is 3.12. The molecule has 0 radical (unpaired) electrons. The van der Waals surface area contributed by atoms with E-state index in [1.165, 1.54) is 16.6 Å². The van der Waals surface area contributed by atoms with E-state index in [1.54, 1.807) is 0 Å². The summed E-state index contributed by atoms with van der Waals surface area (Å²) in [4.78, 5) is 0. The summed E-state index contributed by atoms with van der Waals surface area (Å²) in [6, 6.07) is 6.47. The SMILES string of the molecule is Bc1c(C)cccc1[C@@H](CCC)OCC1CO1. The lowest BCUT2D eigenvalue weighted by atomic mass is 9.83. The van der Waals surface area contributed by atoms with Crippen LogP contribution in [0, 0.1) is 6.92 Å². The van der Waals surface area contributed by atoms with Crippen molar-refractivity contribution >= 4 is 13.3 Å². The van der Waals surface area contributed by atoms with E-state index in [9.17, 15) is 0 Å². The molecule has 0 saturated carbocycles. The maximum Gasteiger partial charge on any atom is 0.140 e. The molecule has 0 spiro atoms. The first-order valence-electron chi connectivity index (χ1n) is 6.51. The minimum atomic E-state index is 0.226. The number of aryl methyl sites for hydroxylation is 1. The van der Waals surface area contributed by atoms with Gasteiger partial charge in [0.1, 0.15) is 14.0 Å². The van der Waals surface area contributed by atoms with Crippen molar-refractivity contribution < 1.29 is 9.47 Å². The van der Waals surface area contributed by atoms with Crippen LogP contribution in [0.25, 0.3) is 0 Å². The Bertz CT molecular complexity index is 374. The van der Waals surface area contributed by atoms with Crippen LogP contribution in [0.1, 0.15) is 37.0 Å². The molecule has 0 amide bonds. The van der Waals surface area contributed by atoms with Gasteiger partial charge in [0.15, 0.2) is 0 Å². The molecule has 0 bridgehead atoms. The van der Waals surface area contributed by atoms with Crippen molar-refractivity contribution in [1.82, 2.24) is 0 Å². The predicted octanol–water partition coefficient (Wildman–Crippen LogP) is 1.51. The lowest BCUT2D eigenvalue weighted by molar-refractivity contribution is 0.0365. The van der Waals surface area contributed by atoms with Gasteiger partial charge >= 0.3 is 0 Å². The van der Waals surface area contributed by atoms with E-state index in [4.69, 9.17) is 9.47 Å². The first-order valence-corrected chi connectivity index (χ1v) is 6.51. The molecule has 0 N–H and O–H groups in total. The molecule has 1 aromatic rings. The highest BCUT2D eigenvalue weighted by atomic mass is 16.6. The van der Waals surface area contributed by atoms with Crippen molar-refractivity contribution in [3.05, 3.63) is 29.3 Å². The lowest BCUT2D eigenvalue weighted by Gasteiger charge is -2.20. The molecule has 17 heavy (non-hydrogen) atoms. The van der Waals surface area contributed by atoms with E-state index >= 15 is 0 Å². The lowest BCUT2D eigenvalue weighted by Crippen LogP contribution is -2.20. The summed E-state index contributed by atoms with van der Waals surface area (Å²) in [5.41, 5.74) is 4.05.